The van der Waals surface area contributed by atoms with Crippen molar-refractivity contribution in [2.24, 2.45) is 0 Å². The number of thiophene rings is 1. The largest absolute Gasteiger partial charge is 0.494 e. The third-order valence-electron chi connectivity index (χ3n) is 3.12. The number of hydrogen-bond donors (Lipinski definition) is 2. The average molecular weight is 349 g/mol. The number of anilines is 1. The molecule has 6 nitrogen and oxygen atoms in total. The van der Waals surface area contributed by atoms with Crippen LogP contribution in [-0.4, -0.2) is 30.2 Å². The molecule has 2 aromatic rings. The summed E-state index contributed by atoms with van der Waals surface area (Å²) in [5.74, 6) is -0.205. The van der Waals surface area contributed by atoms with Gasteiger partial charge in [-0.05, 0) is 43.7 Å². The zero-order valence-electron chi connectivity index (χ0n) is 13.5. The molecule has 0 unspecified atom stereocenters. The van der Waals surface area contributed by atoms with Crippen molar-refractivity contribution >= 4 is 28.2 Å². The lowest BCUT2D eigenvalue weighted by Crippen LogP contribution is -2.20. The minimum Gasteiger partial charge on any atom is -0.494 e. The number of aromatic carboxylic acids is 1. The van der Waals surface area contributed by atoms with Gasteiger partial charge in [0.1, 0.15) is 16.5 Å². The van der Waals surface area contributed by atoms with E-state index in [0.29, 0.717) is 23.8 Å². The Morgan fingerprint density at radius 1 is 1.12 bits per heavy atom. The van der Waals surface area contributed by atoms with E-state index in [1.165, 1.54) is 11.3 Å². The Kier molecular flexibility index (Phi) is 6.20. The predicted octanol–water partition coefficient (Wildman–Crippen LogP) is 3.42. The molecular formula is C17H19NO5S. The van der Waals surface area contributed by atoms with Crippen LogP contribution in [0, 0.1) is 0 Å². The summed E-state index contributed by atoms with van der Waals surface area (Å²) in [5, 5.41) is 12.1. The van der Waals surface area contributed by atoms with Crippen molar-refractivity contribution in [3.05, 3.63) is 40.8 Å². The highest BCUT2D eigenvalue weighted by atomic mass is 32.1. The van der Waals surface area contributed by atoms with Gasteiger partial charge < -0.3 is 19.9 Å². The molecule has 0 aliphatic rings. The molecule has 7 heteroatoms. The molecule has 0 radical (unpaired) electrons. The van der Waals surface area contributed by atoms with E-state index in [1.54, 1.807) is 30.3 Å². The van der Waals surface area contributed by atoms with Gasteiger partial charge in [0, 0.05) is 4.88 Å². The Morgan fingerprint density at radius 3 is 2.29 bits per heavy atom. The van der Waals surface area contributed by atoms with E-state index in [2.05, 4.69) is 5.32 Å². The van der Waals surface area contributed by atoms with Gasteiger partial charge in [-0.3, -0.25) is 4.79 Å². The highest BCUT2D eigenvalue weighted by Gasteiger charge is 2.17. The van der Waals surface area contributed by atoms with Gasteiger partial charge in [0.2, 0.25) is 0 Å². The lowest BCUT2D eigenvalue weighted by atomic mass is 10.2. The molecule has 1 heterocycles. The zero-order chi connectivity index (χ0) is 17.5. The van der Waals surface area contributed by atoms with Gasteiger partial charge in [0.15, 0.2) is 6.61 Å². The Bertz CT molecular complexity index is 708. The van der Waals surface area contributed by atoms with Crippen LogP contribution in [-0.2, 0) is 11.2 Å². The number of carbonyl (C=O) groups is 2. The maximum Gasteiger partial charge on any atom is 0.338 e. The number of carboxylic acid groups (broad SMARTS) is 1. The van der Waals surface area contributed by atoms with E-state index in [9.17, 15) is 14.7 Å². The van der Waals surface area contributed by atoms with Crippen molar-refractivity contribution in [3.8, 4) is 11.5 Å². The van der Waals surface area contributed by atoms with Gasteiger partial charge in [-0.25, -0.2) is 4.79 Å². The van der Waals surface area contributed by atoms with Crippen molar-refractivity contribution < 1.29 is 24.2 Å². The summed E-state index contributed by atoms with van der Waals surface area (Å²) in [5.41, 5.74) is 0.103. The smallest absolute Gasteiger partial charge is 0.338 e. The van der Waals surface area contributed by atoms with Gasteiger partial charge in [-0.15, -0.1) is 11.3 Å². The molecule has 128 valence electrons. The number of nitrogens with one attached hydrogen (secondary N) is 1. The van der Waals surface area contributed by atoms with E-state index in [-0.39, 0.29) is 12.2 Å². The highest BCUT2D eigenvalue weighted by Crippen LogP contribution is 2.28. The number of aryl methyl sites for hydroxylation is 1. The maximum absolute atomic E-state index is 12.0. The fraction of sp³-hybridized carbons (Fsp3) is 0.294. The number of benzene rings is 1. The molecule has 1 aromatic heterocycles. The number of carbonyl (C=O) groups excluding carboxylic acids is 1. The Labute approximate surface area is 144 Å². The number of rotatable bonds is 8. The fourth-order valence-electron chi connectivity index (χ4n) is 1.98. The summed E-state index contributed by atoms with van der Waals surface area (Å²) in [7, 11) is 0. The summed E-state index contributed by atoms with van der Waals surface area (Å²) in [6.07, 6.45) is 0.712. The van der Waals surface area contributed by atoms with Gasteiger partial charge in [-0.2, -0.15) is 0 Å². The number of carboxylic acids is 1. The van der Waals surface area contributed by atoms with Crippen LogP contribution in [0.15, 0.2) is 30.3 Å². The van der Waals surface area contributed by atoms with Crippen LogP contribution in [0.2, 0.25) is 0 Å². The Morgan fingerprint density at radius 2 is 1.75 bits per heavy atom. The lowest BCUT2D eigenvalue weighted by molar-refractivity contribution is -0.118. The van der Waals surface area contributed by atoms with E-state index >= 15 is 0 Å². The lowest BCUT2D eigenvalue weighted by Gasteiger charge is -2.08. The third-order valence-corrected chi connectivity index (χ3v) is 4.31. The summed E-state index contributed by atoms with van der Waals surface area (Å²) >= 11 is 1.26. The van der Waals surface area contributed by atoms with Crippen LogP contribution in [0.5, 0.6) is 11.5 Å². The molecular weight excluding hydrogens is 330 g/mol. The summed E-state index contributed by atoms with van der Waals surface area (Å²) in [6.45, 7) is 4.20. The van der Waals surface area contributed by atoms with Crippen molar-refractivity contribution in [2.75, 3.05) is 18.5 Å². The normalized spacial score (nSPS) is 10.2. The van der Waals surface area contributed by atoms with E-state index in [4.69, 9.17) is 9.47 Å². The second kappa shape index (κ2) is 8.35. The predicted molar refractivity (Wildman–Crippen MR) is 92.4 cm³/mol. The fourth-order valence-corrected chi connectivity index (χ4v) is 2.98. The van der Waals surface area contributed by atoms with E-state index < -0.39 is 11.9 Å². The number of amides is 1. The van der Waals surface area contributed by atoms with Crippen LogP contribution >= 0.6 is 11.3 Å². The standard InChI is InChI=1S/C17H19NO5S/c1-3-13-9-14(17(20)21)16(24-13)18-15(19)10-23-12-7-5-11(6-8-12)22-4-2/h5-9H,3-4,10H2,1-2H3,(H,18,19)(H,20,21). The minimum absolute atomic E-state index is 0.103. The van der Waals surface area contributed by atoms with Crippen LogP contribution in [0.3, 0.4) is 0 Å². The molecule has 24 heavy (non-hydrogen) atoms. The molecule has 0 fully saturated rings. The second-order valence-electron chi connectivity index (χ2n) is 4.86. The van der Waals surface area contributed by atoms with Crippen molar-refractivity contribution in [1.29, 1.82) is 0 Å². The third kappa shape index (κ3) is 4.73. The molecule has 2 N–H and O–H groups in total. The summed E-state index contributed by atoms with van der Waals surface area (Å²) in [6, 6.07) is 8.51. The van der Waals surface area contributed by atoms with E-state index in [0.717, 1.165) is 10.6 Å². The molecule has 0 atom stereocenters. The summed E-state index contributed by atoms with van der Waals surface area (Å²) < 4.78 is 10.7. The molecule has 0 aliphatic heterocycles. The Balaban J connectivity index is 1.93. The maximum atomic E-state index is 12.0. The first-order valence-electron chi connectivity index (χ1n) is 7.55. The molecule has 0 spiro atoms. The SMILES string of the molecule is CCOc1ccc(OCC(=O)Nc2sc(CC)cc2C(=O)O)cc1. The van der Waals surface area contributed by atoms with Crippen LogP contribution in [0.25, 0.3) is 0 Å². The highest BCUT2D eigenvalue weighted by molar-refractivity contribution is 7.16. The van der Waals surface area contributed by atoms with Crippen LogP contribution in [0.4, 0.5) is 5.00 Å². The van der Waals surface area contributed by atoms with Crippen molar-refractivity contribution in [3.63, 3.8) is 0 Å². The molecule has 0 saturated heterocycles. The van der Waals surface area contributed by atoms with Crippen LogP contribution < -0.4 is 14.8 Å². The van der Waals surface area contributed by atoms with Crippen molar-refractivity contribution in [1.82, 2.24) is 0 Å². The molecule has 0 saturated carbocycles. The Hall–Kier alpha value is -2.54. The van der Waals surface area contributed by atoms with E-state index in [1.807, 2.05) is 13.8 Å². The number of hydrogen-bond acceptors (Lipinski definition) is 5. The molecule has 1 aromatic carbocycles. The minimum atomic E-state index is -1.06. The average Bonchev–Trinajstić information content (AvgIpc) is 2.98. The molecule has 0 bridgehead atoms. The van der Waals surface area contributed by atoms with Gasteiger partial charge >= 0.3 is 5.97 Å². The molecule has 0 aliphatic carbocycles. The van der Waals surface area contributed by atoms with Crippen molar-refractivity contribution in [2.45, 2.75) is 20.3 Å². The first-order valence-corrected chi connectivity index (χ1v) is 8.36. The molecule has 2 rings (SSSR count). The van der Waals surface area contributed by atoms with Crippen LogP contribution in [0.1, 0.15) is 29.1 Å². The topological polar surface area (TPSA) is 84.9 Å². The van der Waals surface area contributed by atoms with Gasteiger partial charge in [0.05, 0.1) is 12.2 Å². The number of ether oxygens (including phenoxy) is 2. The molecule has 1 amide bonds. The van der Waals surface area contributed by atoms with Gasteiger partial charge in [-0.1, -0.05) is 6.92 Å². The first-order chi connectivity index (χ1) is 11.5. The van der Waals surface area contributed by atoms with Gasteiger partial charge in [0.25, 0.3) is 5.91 Å². The summed E-state index contributed by atoms with van der Waals surface area (Å²) in [4.78, 5) is 24.1. The first kappa shape index (κ1) is 17.8. The zero-order valence-corrected chi connectivity index (χ0v) is 14.3. The quantitative estimate of drug-likeness (QED) is 0.763. The second-order valence-corrected chi connectivity index (χ2v) is 5.99. The monoisotopic (exact) mass is 349 g/mol.